The molecule has 110 valence electrons. The SMILES string of the molecule is CNc1ccc(C=Cc2cc(=O)c3cc(O)ccc3o2)cc1. The fourth-order valence-corrected chi connectivity index (χ4v) is 2.18. The van der Waals surface area contributed by atoms with E-state index < -0.39 is 0 Å². The lowest BCUT2D eigenvalue weighted by Gasteiger charge is -2.01. The fraction of sp³-hybridized carbons (Fsp3) is 0.0556. The number of hydrogen-bond acceptors (Lipinski definition) is 4. The van der Waals surface area contributed by atoms with Gasteiger partial charge in [0.15, 0.2) is 5.43 Å². The first kappa shape index (κ1) is 13.9. The largest absolute Gasteiger partial charge is 0.508 e. The summed E-state index contributed by atoms with van der Waals surface area (Å²) in [6.45, 7) is 0. The second-order valence-corrected chi connectivity index (χ2v) is 4.90. The Morgan fingerprint density at radius 3 is 2.55 bits per heavy atom. The molecule has 1 heterocycles. The molecule has 2 N–H and O–H groups in total. The van der Waals surface area contributed by atoms with Crippen LogP contribution in [0.15, 0.2) is 57.7 Å². The van der Waals surface area contributed by atoms with Crippen molar-refractivity contribution in [3.63, 3.8) is 0 Å². The zero-order valence-corrected chi connectivity index (χ0v) is 12.0. The van der Waals surface area contributed by atoms with E-state index in [2.05, 4.69) is 5.32 Å². The molecule has 0 unspecified atom stereocenters. The minimum Gasteiger partial charge on any atom is -0.508 e. The highest BCUT2D eigenvalue weighted by Gasteiger charge is 2.03. The highest BCUT2D eigenvalue weighted by Crippen LogP contribution is 2.19. The van der Waals surface area contributed by atoms with Gasteiger partial charge in [-0.15, -0.1) is 0 Å². The van der Waals surface area contributed by atoms with E-state index in [4.69, 9.17) is 4.42 Å². The molecule has 0 aliphatic heterocycles. The minimum atomic E-state index is -0.178. The molecule has 4 heteroatoms. The number of nitrogens with one attached hydrogen (secondary N) is 1. The molecule has 4 nitrogen and oxygen atoms in total. The lowest BCUT2D eigenvalue weighted by atomic mass is 10.1. The second kappa shape index (κ2) is 5.77. The molecule has 3 aromatic rings. The van der Waals surface area contributed by atoms with Gasteiger partial charge in [-0.05, 0) is 42.0 Å². The standard InChI is InChI=1S/C18H15NO3/c1-19-13-5-2-12(3-6-13)4-8-15-11-17(21)16-10-14(20)7-9-18(16)22-15/h2-11,19-20H,1H3. The number of benzene rings is 2. The highest BCUT2D eigenvalue weighted by molar-refractivity contribution is 5.79. The van der Waals surface area contributed by atoms with Gasteiger partial charge in [-0.2, -0.15) is 0 Å². The molecule has 0 radical (unpaired) electrons. The van der Waals surface area contributed by atoms with Crippen LogP contribution >= 0.6 is 0 Å². The number of phenolic OH excluding ortho intramolecular Hbond substituents is 1. The van der Waals surface area contributed by atoms with Crippen molar-refractivity contribution >= 4 is 28.8 Å². The van der Waals surface area contributed by atoms with E-state index in [9.17, 15) is 9.90 Å². The summed E-state index contributed by atoms with van der Waals surface area (Å²) in [6.07, 6.45) is 3.63. The summed E-state index contributed by atoms with van der Waals surface area (Å²) in [7, 11) is 1.87. The average Bonchev–Trinajstić information content (AvgIpc) is 2.54. The summed E-state index contributed by atoms with van der Waals surface area (Å²) in [5.74, 6) is 0.522. The quantitative estimate of drug-likeness (QED) is 0.772. The van der Waals surface area contributed by atoms with Gasteiger partial charge in [0, 0.05) is 18.8 Å². The third kappa shape index (κ3) is 2.86. The number of phenols is 1. The van der Waals surface area contributed by atoms with Gasteiger partial charge in [-0.25, -0.2) is 0 Å². The Hall–Kier alpha value is -3.01. The Morgan fingerprint density at radius 2 is 1.82 bits per heavy atom. The summed E-state index contributed by atoms with van der Waals surface area (Å²) in [4.78, 5) is 12.0. The van der Waals surface area contributed by atoms with Crippen molar-refractivity contribution in [1.29, 1.82) is 0 Å². The predicted molar refractivity (Wildman–Crippen MR) is 89.1 cm³/mol. The van der Waals surface area contributed by atoms with E-state index in [1.165, 1.54) is 18.2 Å². The summed E-state index contributed by atoms with van der Waals surface area (Å²) < 4.78 is 5.65. The van der Waals surface area contributed by atoms with Crippen molar-refractivity contribution in [3.05, 3.63) is 70.1 Å². The Labute approximate surface area is 127 Å². The first-order chi connectivity index (χ1) is 10.7. The molecule has 0 saturated heterocycles. The number of aromatic hydroxyl groups is 1. The smallest absolute Gasteiger partial charge is 0.193 e. The zero-order chi connectivity index (χ0) is 15.5. The average molecular weight is 293 g/mol. The van der Waals surface area contributed by atoms with Gasteiger partial charge in [0.1, 0.15) is 17.1 Å². The molecular weight excluding hydrogens is 278 g/mol. The second-order valence-electron chi connectivity index (χ2n) is 4.90. The summed E-state index contributed by atoms with van der Waals surface area (Å²) >= 11 is 0. The molecule has 3 rings (SSSR count). The predicted octanol–water partition coefficient (Wildman–Crippen LogP) is 3.71. The van der Waals surface area contributed by atoms with Gasteiger partial charge in [0.05, 0.1) is 5.39 Å². The van der Waals surface area contributed by atoms with E-state index in [-0.39, 0.29) is 11.2 Å². The molecule has 0 fully saturated rings. The number of fused-ring (bicyclic) bond motifs is 1. The molecule has 2 aromatic carbocycles. The third-order valence-corrected chi connectivity index (χ3v) is 3.37. The highest BCUT2D eigenvalue weighted by atomic mass is 16.3. The monoisotopic (exact) mass is 293 g/mol. The van der Waals surface area contributed by atoms with Crippen LogP contribution in [-0.2, 0) is 0 Å². The van der Waals surface area contributed by atoms with Gasteiger partial charge in [0.25, 0.3) is 0 Å². The molecule has 0 amide bonds. The molecule has 1 aromatic heterocycles. The lowest BCUT2D eigenvalue weighted by Crippen LogP contribution is -1.99. The topological polar surface area (TPSA) is 62.5 Å². The zero-order valence-electron chi connectivity index (χ0n) is 12.0. The fourth-order valence-electron chi connectivity index (χ4n) is 2.18. The van der Waals surface area contributed by atoms with Gasteiger partial charge in [-0.1, -0.05) is 18.2 Å². The van der Waals surface area contributed by atoms with Crippen LogP contribution in [0.25, 0.3) is 23.1 Å². The lowest BCUT2D eigenvalue weighted by molar-refractivity contribution is 0.475. The van der Waals surface area contributed by atoms with Crippen molar-refractivity contribution < 1.29 is 9.52 Å². The molecule has 0 bridgehead atoms. The van der Waals surface area contributed by atoms with Crippen LogP contribution in [0.4, 0.5) is 5.69 Å². The van der Waals surface area contributed by atoms with Crippen LogP contribution in [0, 0.1) is 0 Å². The maximum Gasteiger partial charge on any atom is 0.193 e. The van der Waals surface area contributed by atoms with Crippen LogP contribution in [0.1, 0.15) is 11.3 Å². The van der Waals surface area contributed by atoms with E-state index in [1.54, 1.807) is 12.1 Å². The molecule has 0 saturated carbocycles. The minimum absolute atomic E-state index is 0.0488. The van der Waals surface area contributed by atoms with Crippen molar-refractivity contribution in [2.24, 2.45) is 0 Å². The van der Waals surface area contributed by atoms with Crippen LogP contribution in [0.5, 0.6) is 5.75 Å². The van der Waals surface area contributed by atoms with Crippen LogP contribution < -0.4 is 10.7 Å². The van der Waals surface area contributed by atoms with Crippen LogP contribution in [0.3, 0.4) is 0 Å². The molecule has 0 atom stereocenters. The number of anilines is 1. The number of rotatable bonds is 3. The Kier molecular flexibility index (Phi) is 3.66. The Bertz CT molecular complexity index is 892. The third-order valence-electron chi connectivity index (χ3n) is 3.37. The summed E-state index contributed by atoms with van der Waals surface area (Å²) in [6, 6.07) is 13.8. The van der Waals surface area contributed by atoms with E-state index >= 15 is 0 Å². The van der Waals surface area contributed by atoms with Gasteiger partial charge < -0.3 is 14.8 Å². The molecular formula is C18H15NO3. The van der Waals surface area contributed by atoms with Gasteiger partial charge in [0.2, 0.25) is 0 Å². The van der Waals surface area contributed by atoms with Crippen LogP contribution in [0.2, 0.25) is 0 Å². The molecule has 0 aliphatic carbocycles. The van der Waals surface area contributed by atoms with E-state index in [1.807, 2.05) is 37.4 Å². The van der Waals surface area contributed by atoms with E-state index in [0.29, 0.717) is 16.7 Å². The van der Waals surface area contributed by atoms with Crippen LogP contribution in [-0.4, -0.2) is 12.2 Å². The van der Waals surface area contributed by atoms with Crippen molar-refractivity contribution in [3.8, 4) is 5.75 Å². The first-order valence-corrected chi connectivity index (χ1v) is 6.88. The summed E-state index contributed by atoms with van der Waals surface area (Å²) in [5, 5.41) is 12.8. The normalized spacial score (nSPS) is 11.1. The Morgan fingerprint density at radius 1 is 1.05 bits per heavy atom. The van der Waals surface area contributed by atoms with Crippen molar-refractivity contribution in [2.75, 3.05) is 12.4 Å². The van der Waals surface area contributed by atoms with Crippen molar-refractivity contribution in [1.82, 2.24) is 0 Å². The van der Waals surface area contributed by atoms with E-state index in [0.717, 1.165) is 11.3 Å². The number of hydrogen-bond donors (Lipinski definition) is 2. The summed E-state index contributed by atoms with van der Waals surface area (Å²) in [5.41, 5.74) is 2.32. The van der Waals surface area contributed by atoms with Crippen molar-refractivity contribution in [2.45, 2.75) is 0 Å². The maximum atomic E-state index is 12.0. The molecule has 0 aliphatic rings. The van der Waals surface area contributed by atoms with Gasteiger partial charge >= 0.3 is 0 Å². The Balaban J connectivity index is 1.94. The van der Waals surface area contributed by atoms with Gasteiger partial charge in [-0.3, -0.25) is 4.79 Å². The molecule has 0 spiro atoms. The maximum absolute atomic E-state index is 12.0. The molecule has 22 heavy (non-hydrogen) atoms. The first-order valence-electron chi connectivity index (χ1n) is 6.88.